The van der Waals surface area contributed by atoms with E-state index < -0.39 is 9.84 Å². The van der Waals surface area contributed by atoms with E-state index >= 15 is 0 Å². The van der Waals surface area contributed by atoms with Crippen LogP contribution in [0.15, 0.2) is 12.2 Å². The van der Waals surface area contributed by atoms with Gasteiger partial charge in [0.15, 0.2) is 9.84 Å². The second-order valence-electron chi connectivity index (χ2n) is 5.04. The zero-order valence-corrected chi connectivity index (χ0v) is 11.4. The summed E-state index contributed by atoms with van der Waals surface area (Å²) in [6.07, 6.45) is 5.69. The van der Waals surface area contributed by atoms with Crippen molar-refractivity contribution in [3.05, 3.63) is 12.2 Å². The molecule has 6 heteroatoms. The summed E-state index contributed by atoms with van der Waals surface area (Å²) in [7, 11) is -2.93. The lowest BCUT2D eigenvalue weighted by Crippen LogP contribution is -2.49. The molecule has 2 aliphatic heterocycles. The second kappa shape index (κ2) is 5.40. The summed E-state index contributed by atoms with van der Waals surface area (Å²) >= 11 is 0. The third kappa shape index (κ3) is 3.32. The zero-order valence-electron chi connectivity index (χ0n) is 10.6. The zero-order chi connectivity index (χ0) is 13.2. The monoisotopic (exact) mass is 272 g/mol. The summed E-state index contributed by atoms with van der Waals surface area (Å²) in [4.78, 5) is 14.1. The predicted octanol–water partition coefficient (Wildman–Crippen LogP) is -0.0599. The van der Waals surface area contributed by atoms with Crippen LogP contribution < -0.4 is 5.32 Å². The first-order chi connectivity index (χ1) is 8.48. The van der Waals surface area contributed by atoms with Gasteiger partial charge in [-0.15, -0.1) is 0 Å². The Labute approximate surface area is 108 Å². The maximum Gasteiger partial charge on any atom is 0.237 e. The Hall–Kier alpha value is -0.880. The first-order valence-corrected chi connectivity index (χ1v) is 8.20. The Morgan fingerprint density at radius 2 is 2.22 bits per heavy atom. The van der Waals surface area contributed by atoms with Gasteiger partial charge >= 0.3 is 0 Å². The Bertz CT molecular complexity index is 444. The molecule has 0 spiro atoms. The van der Waals surface area contributed by atoms with Crippen LogP contribution in [0.5, 0.6) is 0 Å². The molecule has 102 valence electrons. The Balaban J connectivity index is 1.86. The van der Waals surface area contributed by atoms with E-state index in [4.69, 9.17) is 0 Å². The van der Waals surface area contributed by atoms with E-state index in [0.717, 1.165) is 19.5 Å². The predicted molar refractivity (Wildman–Crippen MR) is 70.0 cm³/mol. The minimum Gasteiger partial charge on any atom is -0.351 e. The fraction of sp³-hybridized carbons (Fsp3) is 0.750. The highest BCUT2D eigenvalue weighted by Crippen LogP contribution is 2.12. The van der Waals surface area contributed by atoms with Gasteiger partial charge in [0, 0.05) is 19.1 Å². The molecule has 0 aromatic heterocycles. The number of carbonyl (C=O) groups is 1. The van der Waals surface area contributed by atoms with E-state index in [1.165, 1.54) is 0 Å². The Morgan fingerprint density at radius 3 is 2.78 bits per heavy atom. The maximum atomic E-state index is 12.0. The molecule has 2 atom stereocenters. The lowest BCUT2D eigenvalue weighted by molar-refractivity contribution is -0.126. The number of rotatable bonds is 3. The SMILES string of the molecule is C[C@H](C(=O)N[C@@H]1CCS(=O)(=O)C1)N1CC=CCC1. The second-order valence-corrected chi connectivity index (χ2v) is 7.27. The molecule has 18 heavy (non-hydrogen) atoms. The van der Waals surface area contributed by atoms with Crippen molar-refractivity contribution in [1.82, 2.24) is 10.2 Å². The average Bonchev–Trinajstić information content (AvgIpc) is 2.68. The van der Waals surface area contributed by atoms with Crippen molar-refractivity contribution in [3.63, 3.8) is 0 Å². The van der Waals surface area contributed by atoms with Crippen LogP contribution in [0, 0.1) is 0 Å². The summed E-state index contributed by atoms with van der Waals surface area (Å²) in [5, 5.41) is 2.85. The highest BCUT2D eigenvalue weighted by Gasteiger charge is 2.31. The minimum atomic E-state index is -2.93. The molecule has 1 N–H and O–H groups in total. The molecule has 1 saturated heterocycles. The standard InChI is InChI=1S/C12H20N2O3S/c1-10(14-6-3-2-4-7-14)12(15)13-11-5-8-18(16,17)9-11/h2-3,10-11H,4-9H2,1H3,(H,13,15)/t10-,11-/m1/s1. The van der Waals surface area contributed by atoms with Crippen LogP contribution in [0.25, 0.3) is 0 Å². The van der Waals surface area contributed by atoms with E-state index in [1.807, 2.05) is 6.92 Å². The molecule has 5 nitrogen and oxygen atoms in total. The quantitative estimate of drug-likeness (QED) is 0.731. The molecule has 0 saturated carbocycles. The molecule has 1 fully saturated rings. The van der Waals surface area contributed by atoms with Gasteiger partial charge in [-0.25, -0.2) is 8.42 Å². The molecule has 0 aliphatic carbocycles. The lowest BCUT2D eigenvalue weighted by Gasteiger charge is -2.29. The van der Waals surface area contributed by atoms with E-state index in [-0.39, 0.29) is 29.5 Å². The molecule has 1 amide bonds. The molecule has 2 rings (SSSR count). The summed E-state index contributed by atoms with van der Waals surface area (Å²) in [6, 6.07) is -0.400. The van der Waals surface area contributed by atoms with Crippen molar-refractivity contribution in [2.75, 3.05) is 24.6 Å². The number of hydrogen-bond acceptors (Lipinski definition) is 4. The Kier molecular flexibility index (Phi) is 4.07. The molecular formula is C12H20N2O3S. The summed E-state index contributed by atoms with van der Waals surface area (Å²) < 4.78 is 22.6. The van der Waals surface area contributed by atoms with E-state index in [0.29, 0.717) is 6.42 Å². The summed E-state index contributed by atoms with van der Waals surface area (Å²) in [5.41, 5.74) is 0. The van der Waals surface area contributed by atoms with Crippen molar-refractivity contribution in [2.45, 2.75) is 31.8 Å². The molecule has 0 aromatic rings. The van der Waals surface area contributed by atoms with Gasteiger partial charge in [-0.1, -0.05) is 12.2 Å². The molecule has 2 heterocycles. The molecule has 0 radical (unpaired) electrons. The smallest absolute Gasteiger partial charge is 0.237 e. The molecule has 0 bridgehead atoms. The fourth-order valence-corrected chi connectivity index (χ4v) is 4.08. The van der Waals surface area contributed by atoms with Gasteiger partial charge in [-0.3, -0.25) is 9.69 Å². The maximum absolute atomic E-state index is 12.0. The first kappa shape index (κ1) is 13.5. The number of sulfone groups is 1. The average molecular weight is 272 g/mol. The lowest BCUT2D eigenvalue weighted by atomic mass is 10.1. The topological polar surface area (TPSA) is 66.5 Å². The minimum absolute atomic E-state index is 0.0626. The Morgan fingerprint density at radius 1 is 1.44 bits per heavy atom. The van der Waals surface area contributed by atoms with Gasteiger partial charge in [0.2, 0.25) is 5.91 Å². The highest BCUT2D eigenvalue weighted by atomic mass is 32.2. The highest BCUT2D eigenvalue weighted by molar-refractivity contribution is 7.91. The molecular weight excluding hydrogens is 252 g/mol. The van der Waals surface area contributed by atoms with Crippen molar-refractivity contribution in [2.24, 2.45) is 0 Å². The number of nitrogens with one attached hydrogen (secondary N) is 1. The van der Waals surface area contributed by atoms with E-state index in [2.05, 4.69) is 22.4 Å². The summed E-state index contributed by atoms with van der Waals surface area (Å²) in [5.74, 6) is 0.219. The van der Waals surface area contributed by atoms with Crippen molar-refractivity contribution in [1.29, 1.82) is 0 Å². The number of nitrogens with zero attached hydrogens (tertiary/aromatic N) is 1. The van der Waals surface area contributed by atoms with Crippen LogP contribution in [0.3, 0.4) is 0 Å². The van der Waals surface area contributed by atoms with Crippen molar-refractivity contribution in [3.8, 4) is 0 Å². The van der Waals surface area contributed by atoms with Crippen LogP contribution in [0.2, 0.25) is 0 Å². The van der Waals surface area contributed by atoms with Crippen LogP contribution in [0.4, 0.5) is 0 Å². The van der Waals surface area contributed by atoms with E-state index in [1.54, 1.807) is 0 Å². The van der Waals surface area contributed by atoms with Gasteiger partial charge < -0.3 is 5.32 Å². The first-order valence-electron chi connectivity index (χ1n) is 6.38. The van der Waals surface area contributed by atoms with Gasteiger partial charge in [0.05, 0.1) is 17.5 Å². The molecule has 0 unspecified atom stereocenters. The normalized spacial score (nSPS) is 29.1. The number of amides is 1. The third-order valence-corrected chi connectivity index (χ3v) is 5.36. The van der Waals surface area contributed by atoms with E-state index in [9.17, 15) is 13.2 Å². The van der Waals surface area contributed by atoms with Gasteiger partial charge in [-0.05, 0) is 19.8 Å². The van der Waals surface area contributed by atoms with Crippen LogP contribution >= 0.6 is 0 Å². The fourth-order valence-electron chi connectivity index (χ4n) is 2.41. The van der Waals surface area contributed by atoms with Gasteiger partial charge in [-0.2, -0.15) is 0 Å². The molecule has 2 aliphatic rings. The van der Waals surface area contributed by atoms with Crippen LogP contribution in [-0.2, 0) is 14.6 Å². The van der Waals surface area contributed by atoms with Gasteiger partial charge in [0.25, 0.3) is 0 Å². The van der Waals surface area contributed by atoms with Crippen LogP contribution in [0.1, 0.15) is 19.8 Å². The van der Waals surface area contributed by atoms with Crippen LogP contribution in [-0.4, -0.2) is 55.9 Å². The number of hydrogen-bond donors (Lipinski definition) is 1. The largest absolute Gasteiger partial charge is 0.351 e. The molecule has 0 aromatic carbocycles. The third-order valence-electron chi connectivity index (χ3n) is 3.60. The number of carbonyl (C=O) groups excluding carboxylic acids is 1. The van der Waals surface area contributed by atoms with Crippen molar-refractivity contribution < 1.29 is 13.2 Å². The van der Waals surface area contributed by atoms with Gasteiger partial charge in [0.1, 0.15) is 0 Å². The summed E-state index contributed by atoms with van der Waals surface area (Å²) in [6.45, 7) is 3.55. The van der Waals surface area contributed by atoms with Crippen molar-refractivity contribution >= 4 is 15.7 Å².